The van der Waals surface area contributed by atoms with Crippen LogP contribution in [0, 0.1) is 6.92 Å². The van der Waals surface area contributed by atoms with Gasteiger partial charge in [0, 0.05) is 11.1 Å². The highest BCUT2D eigenvalue weighted by molar-refractivity contribution is 5.84. The third kappa shape index (κ3) is 3.07. The van der Waals surface area contributed by atoms with Crippen LogP contribution in [0.1, 0.15) is 31.9 Å². The smallest absolute Gasteiger partial charge is 0.131 e. The maximum atomic E-state index is 11.0. The second kappa shape index (κ2) is 6.16. The molecule has 3 rings (SSSR count). The molecule has 1 nitrogen and oxygen atoms in total. The summed E-state index contributed by atoms with van der Waals surface area (Å²) in [6.07, 6.45) is 0. The van der Waals surface area contributed by atoms with Crippen LogP contribution in [0.5, 0.6) is 5.75 Å². The van der Waals surface area contributed by atoms with Crippen LogP contribution in [-0.2, 0) is 5.41 Å². The molecule has 0 spiro atoms. The van der Waals surface area contributed by atoms with Crippen molar-refractivity contribution < 1.29 is 5.11 Å². The Bertz CT molecular complexity index is 855. The Morgan fingerprint density at radius 1 is 0.708 bits per heavy atom. The summed E-state index contributed by atoms with van der Waals surface area (Å²) >= 11 is 0. The molecule has 0 aliphatic heterocycles. The molecule has 0 aliphatic rings. The number of benzene rings is 3. The highest BCUT2D eigenvalue weighted by atomic mass is 16.3. The van der Waals surface area contributed by atoms with Crippen LogP contribution < -0.4 is 0 Å². The van der Waals surface area contributed by atoms with Crippen LogP contribution in [0.3, 0.4) is 0 Å². The molecule has 1 N–H and O–H groups in total. The lowest BCUT2D eigenvalue weighted by atomic mass is 9.81. The van der Waals surface area contributed by atoms with Gasteiger partial charge in [-0.15, -0.1) is 0 Å². The molecule has 0 saturated carbocycles. The van der Waals surface area contributed by atoms with Crippen molar-refractivity contribution in [2.24, 2.45) is 0 Å². The van der Waals surface area contributed by atoms with E-state index in [1.54, 1.807) is 0 Å². The second-order valence-corrected chi connectivity index (χ2v) is 7.37. The van der Waals surface area contributed by atoms with Crippen LogP contribution in [0.15, 0.2) is 66.7 Å². The first kappa shape index (κ1) is 16.3. The molecular weight excluding hydrogens is 292 g/mol. The van der Waals surface area contributed by atoms with Crippen LogP contribution in [0.2, 0.25) is 0 Å². The van der Waals surface area contributed by atoms with Crippen molar-refractivity contribution in [3.63, 3.8) is 0 Å². The largest absolute Gasteiger partial charge is 0.507 e. The molecule has 0 fully saturated rings. The van der Waals surface area contributed by atoms with Gasteiger partial charge in [-0.1, -0.05) is 75.4 Å². The van der Waals surface area contributed by atoms with Crippen molar-refractivity contribution in [1.82, 2.24) is 0 Å². The fourth-order valence-electron chi connectivity index (χ4n) is 3.19. The summed E-state index contributed by atoms with van der Waals surface area (Å²) in [6.45, 7) is 8.69. The van der Waals surface area contributed by atoms with Crippen LogP contribution >= 0.6 is 0 Å². The number of hydrogen-bond acceptors (Lipinski definition) is 1. The van der Waals surface area contributed by atoms with E-state index in [9.17, 15) is 5.11 Å². The molecule has 0 atom stereocenters. The predicted molar refractivity (Wildman–Crippen MR) is 102 cm³/mol. The highest BCUT2D eigenvalue weighted by Crippen LogP contribution is 2.42. The molecular formula is C23H24O. The molecule has 0 heterocycles. The van der Waals surface area contributed by atoms with Gasteiger partial charge in [-0.2, -0.15) is 0 Å². The van der Waals surface area contributed by atoms with Gasteiger partial charge in [0.05, 0.1) is 0 Å². The monoisotopic (exact) mass is 316 g/mol. The summed E-state index contributed by atoms with van der Waals surface area (Å²) in [5, 5.41) is 11.0. The molecule has 122 valence electrons. The minimum atomic E-state index is 0.0136. The minimum Gasteiger partial charge on any atom is -0.507 e. The standard InChI is InChI=1S/C23H24O/c1-16-14-19(17-10-6-5-7-11-17)22(24)20(15-16)18-12-8-9-13-21(18)23(2,3)4/h5-15,24H,1-4H3. The summed E-state index contributed by atoms with van der Waals surface area (Å²) in [5.74, 6) is 0.350. The fourth-order valence-corrected chi connectivity index (χ4v) is 3.19. The van der Waals surface area contributed by atoms with Crippen LogP contribution in [0.4, 0.5) is 0 Å². The summed E-state index contributed by atoms with van der Waals surface area (Å²) in [6, 6.07) is 22.5. The van der Waals surface area contributed by atoms with Gasteiger partial charge in [-0.3, -0.25) is 0 Å². The SMILES string of the molecule is Cc1cc(-c2ccccc2)c(O)c(-c2ccccc2C(C)(C)C)c1. The second-order valence-electron chi connectivity index (χ2n) is 7.37. The Balaban J connectivity index is 2.27. The van der Waals surface area contributed by atoms with Crippen molar-refractivity contribution in [2.45, 2.75) is 33.1 Å². The zero-order chi connectivity index (χ0) is 17.3. The summed E-state index contributed by atoms with van der Waals surface area (Å²) in [4.78, 5) is 0. The molecule has 24 heavy (non-hydrogen) atoms. The molecule has 0 aromatic heterocycles. The summed E-state index contributed by atoms with van der Waals surface area (Å²) < 4.78 is 0. The number of aromatic hydroxyl groups is 1. The minimum absolute atomic E-state index is 0.0136. The number of phenols is 1. The fraction of sp³-hybridized carbons (Fsp3) is 0.217. The lowest BCUT2D eigenvalue weighted by Gasteiger charge is -2.24. The zero-order valence-corrected chi connectivity index (χ0v) is 14.8. The van der Waals surface area contributed by atoms with Gasteiger partial charge >= 0.3 is 0 Å². The van der Waals surface area contributed by atoms with E-state index in [1.165, 1.54) is 5.56 Å². The number of phenolic OH excluding ortho intramolecular Hbond substituents is 1. The Hall–Kier alpha value is -2.54. The first-order chi connectivity index (χ1) is 11.4. The van der Waals surface area contributed by atoms with Crippen molar-refractivity contribution in [3.8, 4) is 28.0 Å². The molecule has 1 heteroatoms. The van der Waals surface area contributed by atoms with E-state index in [1.807, 2.05) is 42.5 Å². The average molecular weight is 316 g/mol. The van der Waals surface area contributed by atoms with Gasteiger partial charge in [0.2, 0.25) is 0 Å². The lowest BCUT2D eigenvalue weighted by molar-refractivity contribution is 0.479. The predicted octanol–water partition coefficient (Wildman–Crippen LogP) is 6.33. The third-order valence-electron chi connectivity index (χ3n) is 4.36. The Kier molecular flexibility index (Phi) is 4.19. The van der Waals surface area contributed by atoms with Gasteiger partial charge in [-0.05, 0) is 46.7 Å². The average Bonchev–Trinajstić information content (AvgIpc) is 2.56. The van der Waals surface area contributed by atoms with E-state index in [2.05, 4.69) is 52.0 Å². The van der Waals surface area contributed by atoms with Crippen molar-refractivity contribution in [1.29, 1.82) is 0 Å². The molecule has 3 aromatic carbocycles. The van der Waals surface area contributed by atoms with Crippen molar-refractivity contribution >= 4 is 0 Å². The number of hydrogen-bond donors (Lipinski definition) is 1. The lowest BCUT2D eigenvalue weighted by Crippen LogP contribution is -2.12. The van der Waals surface area contributed by atoms with E-state index in [0.29, 0.717) is 5.75 Å². The van der Waals surface area contributed by atoms with Gasteiger partial charge in [0.25, 0.3) is 0 Å². The zero-order valence-electron chi connectivity index (χ0n) is 14.8. The normalized spacial score (nSPS) is 11.5. The maximum Gasteiger partial charge on any atom is 0.131 e. The molecule has 0 radical (unpaired) electrons. The highest BCUT2D eigenvalue weighted by Gasteiger charge is 2.21. The van der Waals surface area contributed by atoms with E-state index < -0.39 is 0 Å². The first-order valence-corrected chi connectivity index (χ1v) is 8.37. The van der Waals surface area contributed by atoms with Crippen molar-refractivity contribution in [3.05, 3.63) is 77.9 Å². The number of rotatable bonds is 2. The molecule has 0 bridgehead atoms. The summed E-state index contributed by atoms with van der Waals surface area (Å²) in [5.41, 5.74) is 6.32. The third-order valence-corrected chi connectivity index (χ3v) is 4.36. The Labute approximate surface area is 144 Å². The molecule has 0 aliphatic carbocycles. The van der Waals surface area contributed by atoms with Crippen LogP contribution in [-0.4, -0.2) is 5.11 Å². The first-order valence-electron chi connectivity index (χ1n) is 8.37. The summed E-state index contributed by atoms with van der Waals surface area (Å²) in [7, 11) is 0. The topological polar surface area (TPSA) is 20.2 Å². The Morgan fingerprint density at radius 2 is 1.29 bits per heavy atom. The van der Waals surface area contributed by atoms with Crippen LogP contribution in [0.25, 0.3) is 22.3 Å². The van der Waals surface area contributed by atoms with E-state index in [4.69, 9.17) is 0 Å². The van der Waals surface area contributed by atoms with E-state index in [-0.39, 0.29) is 5.41 Å². The van der Waals surface area contributed by atoms with Gasteiger partial charge in [-0.25, -0.2) is 0 Å². The maximum absolute atomic E-state index is 11.0. The van der Waals surface area contributed by atoms with E-state index >= 15 is 0 Å². The van der Waals surface area contributed by atoms with Gasteiger partial charge in [0.1, 0.15) is 5.75 Å². The Morgan fingerprint density at radius 3 is 1.96 bits per heavy atom. The van der Waals surface area contributed by atoms with Gasteiger partial charge in [0.15, 0.2) is 0 Å². The van der Waals surface area contributed by atoms with Gasteiger partial charge < -0.3 is 5.11 Å². The molecule has 0 amide bonds. The quantitative estimate of drug-likeness (QED) is 0.585. The van der Waals surface area contributed by atoms with E-state index in [0.717, 1.165) is 27.8 Å². The molecule has 0 saturated heterocycles. The molecule has 0 unspecified atom stereocenters. The number of aryl methyl sites for hydroxylation is 1. The van der Waals surface area contributed by atoms with Crippen molar-refractivity contribution in [2.75, 3.05) is 0 Å². The molecule has 3 aromatic rings.